The van der Waals surface area contributed by atoms with E-state index in [4.69, 9.17) is 4.74 Å². The van der Waals surface area contributed by atoms with Crippen LogP contribution in [0, 0.1) is 5.92 Å². The van der Waals surface area contributed by atoms with E-state index < -0.39 is 23.8 Å². The lowest BCUT2D eigenvalue weighted by Crippen LogP contribution is -2.48. The van der Waals surface area contributed by atoms with Crippen molar-refractivity contribution in [2.24, 2.45) is 5.92 Å². The zero-order valence-corrected chi connectivity index (χ0v) is 15.5. The number of carbonyl (C=O) groups is 3. The van der Waals surface area contributed by atoms with Gasteiger partial charge < -0.3 is 4.74 Å². The van der Waals surface area contributed by atoms with Crippen LogP contribution in [0.4, 0.5) is 0 Å². The average molecular weight is 371 g/mol. The van der Waals surface area contributed by atoms with Crippen LogP contribution >= 0.6 is 0 Å². The Morgan fingerprint density at radius 3 is 2.33 bits per heavy atom. The van der Waals surface area contributed by atoms with Crippen molar-refractivity contribution >= 4 is 17.8 Å². The molecule has 0 fully saturated rings. The zero-order valence-electron chi connectivity index (χ0n) is 15.5. The largest absolute Gasteiger partial charge is 0.456 e. The highest BCUT2D eigenvalue weighted by Gasteiger charge is 2.44. The number of rotatable bonds is 7. The first-order valence-electron chi connectivity index (χ1n) is 8.84. The highest BCUT2D eigenvalue weighted by atomic mass is 16.5. The van der Waals surface area contributed by atoms with Gasteiger partial charge in [0.15, 0.2) is 12.4 Å². The SMILES string of the molecule is CCCn1nnnc1COC(=O)[C@H](C(C)C)N1C(=O)c2ccccc2C1=O. The van der Waals surface area contributed by atoms with Gasteiger partial charge >= 0.3 is 5.97 Å². The van der Waals surface area contributed by atoms with Crippen LogP contribution in [-0.2, 0) is 22.7 Å². The second kappa shape index (κ2) is 7.65. The van der Waals surface area contributed by atoms with Gasteiger partial charge in [0.25, 0.3) is 11.8 Å². The van der Waals surface area contributed by atoms with Crippen LogP contribution in [0.15, 0.2) is 24.3 Å². The maximum Gasteiger partial charge on any atom is 0.330 e. The van der Waals surface area contributed by atoms with Gasteiger partial charge in [0, 0.05) is 6.54 Å². The molecule has 0 N–H and O–H groups in total. The molecule has 9 heteroatoms. The second-order valence-electron chi connectivity index (χ2n) is 6.64. The lowest BCUT2D eigenvalue weighted by molar-refractivity contribution is -0.151. The molecule has 2 amide bonds. The molecule has 0 bridgehead atoms. The molecule has 3 rings (SSSR count). The van der Waals surface area contributed by atoms with E-state index in [0.29, 0.717) is 23.5 Å². The molecule has 0 radical (unpaired) electrons. The number of imide groups is 1. The summed E-state index contributed by atoms with van der Waals surface area (Å²) in [5, 5.41) is 11.3. The first-order chi connectivity index (χ1) is 13.0. The quantitative estimate of drug-likeness (QED) is 0.535. The molecule has 1 atom stereocenters. The second-order valence-corrected chi connectivity index (χ2v) is 6.64. The fourth-order valence-electron chi connectivity index (χ4n) is 3.07. The Kier molecular flexibility index (Phi) is 5.29. The molecule has 9 nitrogen and oxygen atoms in total. The van der Waals surface area contributed by atoms with Crippen LogP contribution in [0.5, 0.6) is 0 Å². The van der Waals surface area contributed by atoms with E-state index in [0.717, 1.165) is 11.3 Å². The predicted molar refractivity (Wildman–Crippen MR) is 93.5 cm³/mol. The summed E-state index contributed by atoms with van der Waals surface area (Å²) in [6.45, 7) is 5.98. The van der Waals surface area contributed by atoms with Crippen molar-refractivity contribution in [1.29, 1.82) is 0 Å². The zero-order chi connectivity index (χ0) is 19.6. The van der Waals surface area contributed by atoms with Gasteiger partial charge in [0.2, 0.25) is 0 Å². The van der Waals surface area contributed by atoms with E-state index in [1.54, 1.807) is 42.8 Å². The topological polar surface area (TPSA) is 107 Å². The number of aryl methyl sites for hydroxylation is 1. The fourth-order valence-corrected chi connectivity index (χ4v) is 3.07. The Morgan fingerprint density at radius 2 is 1.78 bits per heavy atom. The molecule has 2 aromatic rings. The summed E-state index contributed by atoms with van der Waals surface area (Å²) in [7, 11) is 0. The number of tetrazole rings is 1. The molecule has 0 saturated heterocycles. The molecule has 1 aliphatic heterocycles. The van der Waals surface area contributed by atoms with Crippen molar-refractivity contribution < 1.29 is 19.1 Å². The van der Waals surface area contributed by atoms with Crippen molar-refractivity contribution in [3.05, 3.63) is 41.2 Å². The van der Waals surface area contributed by atoms with Crippen LogP contribution < -0.4 is 0 Å². The monoisotopic (exact) mass is 371 g/mol. The van der Waals surface area contributed by atoms with Crippen molar-refractivity contribution in [2.45, 2.75) is 46.4 Å². The standard InChI is InChI=1S/C18H21N5O4/c1-4-9-22-14(19-20-21-22)10-27-18(26)15(11(2)3)23-16(24)12-7-5-6-8-13(12)17(23)25/h5-8,11,15H,4,9-10H2,1-3H3/t15-/m0/s1. The maximum atomic E-state index is 12.7. The number of carbonyl (C=O) groups excluding carboxylic acids is 3. The van der Waals surface area contributed by atoms with Gasteiger partial charge in [-0.1, -0.05) is 32.9 Å². The number of amides is 2. The molecule has 1 aromatic heterocycles. The Labute approximate surface area is 156 Å². The number of benzene rings is 1. The van der Waals surface area contributed by atoms with E-state index in [2.05, 4.69) is 15.5 Å². The van der Waals surface area contributed by atoms with Gasteiger partial charge in [-0.15, -0.1) is 5.10 Å². The van der Waals surface area contributed by atoms with E-state index in [1.807, 2.05) is 6.92 Å². The summed E-state index contributed by atoms with van der Waals surface area (Å²) < 4.78 is 6.91. The Morgan fingerprint density at radius 1 is 1.15 bits per heavy atom. The normalized spacial score (nSPS) is 14.6. The summed E-state index contributed by atoms with van der Waals surface area (Å²) >= 11 is 0. The summed E-state index contributed by atoms with van der Waals surface area (Å²) in [5.74, 6) is -1.53. The first kappa shape index (κ1) is 18.7. The van der Waals surface area contributed by atoms with Crippen molar-refractivity contribution in [3.63, 3.8) is 0 Å². The van der Waals surface area contributed by atoms with Crippen LogP contribution in [-0.4, -0.2) is 48.9 Å². The van der Waals surface area contributed by atoms with Gasteiger partial charge in [-0.2, -0.15) is 0 Å². The molecule has 2 heterocycles. The van der Waals surface area contributed by atoms with Crippen LogP contribution in [0.25, 0.3) is 0 Å². The molecule has 1 aromatic carbocycles. The van der Waals surface area contributed by atoms with Gasteiger partial charge in [-0.3, -0.25) is 14.5 Å². The third kappa shape index (κ3) is 3.44. The van der Waals surface area contributed by atoms with Crippen molar-refractivity contribution in [2.75, 3.05) is 0 Å². The molecule has 142 valence electrons. The third-order valence-electron chi connectivity index (χ3n) is 4.36. The van der Waals surface area contributed by atoms with Gasteiger partial charge in [0.05, 0.1) is 11.1 Å². The Bertz CT molecular complexity index is 841. The lowest BCUT2D eigenvalue weighted by Gasteiger charge is -2.27. The minimum atomic E-state index is -1.02. The summed E-state index contributed by atoms with van der Waals surface area (Å²) in [6.07, 6.45) is 0.829. The Hall–Kier alpha value is -3.10. The molecule has 0 saturated carbocycles. The minimum Gasteiger partial charge on any atom is -0.456 e. The fraction of sp³-hybridized carbons (Fsp3) is 0.444. The Balaban J connectivity index is 1.78. The average Bonchev–Trinajstić information content (AvgIpc) is 3.19. The van der Waals surface area contributed by atoms with E-state index in [1.165, 1.54) is 0 Å². The summed E-state index contributed by atoms with van der Waals surface area (Å²) in [4.78, 5) is 39.1. The molecule has 0 unspecified atom stereocenters. The van der Waals surface area contributed by atoms with Gasteiger partial charge in [-0.25, -0.2) is 9.48 Å². The number of fused-ring (bicyclic) bond motifs is 1. The van der Waals surface area contributed by atoms with Gasteiger partial charge in [-0.05, 0) is 34.9 Å². The number of esters is 1. The van der Waals surface area contributed by atoms with Crippen LogP contribution in [0.2, 0.25) is 0 Å². The maximum absolute atomic E-state index is 12.7. The smallest absolute Gasteiger partial charge is 0.330 e. The number of hydrogen-bond acceptors (Lipinski definition) is 7. The molecule has 0 spiro atoms. The number of aromatic nitrogens is 4. The third-order valence-corrected chi connectivity index (χ3v) is 4.36. The number of ether oxygens (including phenoxy) is 1. The molecule has 0 aliphatic carbocycles. The lowest BCUT2D eigenvalue weighted by atomic mass is 10.0. The van der Waals surface area contributed by atoms with E-state index in [-0.39, 0.29) is 12.5 Å². The number of hydrogen-bond donors (Lipinski definition) is 0. The molecular formula is C18H21N5O4. The van der Waals surface area contributed by atoms with Crippen molar-refractivity contribution in [1.82, 2.24) is 25.1 Å². The van der Waals surface area contributed by atoms with E-state index >= 15 is 0 Å². The molecular weight excluding hydrogens is 350 g/mol. The molecule has 27 heavy (non-hydrogen) atoms. The highest BCUT2D eigenvalue weighted by Crippen LogP contribution is 2.27. The molecule has 1 aliphatic rings. The highest BCUT2D eigenvalue weighted by molar-refractivity contribution is 6.22. The van der Waals surface area contributed by atoms with E-state index in [9.17, 15) is 14.4 Å². The predicted octanol–water partition coefficient (Wildman–Crippen LogP) is 1.45. The summed E-state index contributed by atoms with van der Waals surface area (Å²) in [5.41, 5.74) is 0.598. The van der Waals surface area contributed by atoms with Gasteiger partial charge in [0.1, 0.15) is 6.04 Å². The van der Waals surface area contributed by atoms with Crippen LogP contribution in [0.3, 0.4) is 0 Å². The number of nitrogens with zero attached hydrogens (tertiary/aromatic N) is 5. The summed E-state index contributed by atoms with van der Waals surface area (Å²) in [6, 6.07) is 5.51. The van der Waals surface area contributed by atoms with Crippen molar-refractivity contribution in [3.8, 4) is 0 Å². The van der Waals surface area contributed by atoms with Crippen LogP contribution in [0.1, 0.15) is 53.7 Å². The minimum absolute atomic E-state index is 0.127. The first-order valence-corrected chi connectivity index (χ1v) is 8.84.